The molecule has 0 unspecified atom stereocenters. The Morgan fingerprint density at radius 3 is 2.63 bits per heavy atom. The van der Waals surface area contributed by atoms with Crippen molar-refractivity contribution in [1.29, 1.82) is 0 Å². The van der Waals surface area contributed by atoms with E-state index in [1.165, 1.54) is 0 Å². The number of nitrogens with zero attached hydrogens (tertiary/aromatic N) is 4. The number of amides is 1. The van der Waals surface area contributed by atoms with Crippen molar-refractivity contribution in [3.63, 3.8) is 0 Å². The molecule has 154 valence electrons. The number of benzene rings is 1. The standard InChI is InChI=1S/C22H22BrN5OS/c23-18-3-5-19(6-4-18)30-21-8-7-20(26-27-21)28-13-1-2-17(15-28)22(29)25-14-16-9-11-24-12-10-16/h3-12,17H,1-2,13-15H2,(H,25,29)/t17-/m0/s1. The fraction of sp³-hybridized carbons (Fsp3) is 0.273. The third-order valence-electron chi connectivity index (χ3n) is 4.99. The highest BCUT2D eigenvalue weighted by Gasteiger charge is 2.26. The number of halogens is 1. The van der Waals surface area contributed by atoms with Crippen molar-refractivity contribution in [3.05, 3.63) is 71.0 Å². The quantitative estimate of drug-likeness (QED) is 0.562. The minimum atomic E-state index is -0.0424. The summed E-state index contributed by atoms with van der Waals surface area (Å²) >= 11 is 5.03. The highest BCUT2D eigenvalue weighted by atomic mass is 79.9. The number of anilines is 1. The smallest absolute Gasteiger partial charge is 0.225 e. The number of hydrogen-bond acceptors (Lipinski definition) is 6. The van der Waals surface area contributed by atoms with Gasteiger partial charge in [-0.25, -0.2) is 0 Å². The summed E-state index contributed by atoms with van der Waals surface area (Å²) in [6.45, 7) is 2.08. The van der Waals surface area contributed by atoms with E-state index in [4.69, 9.17) is 0 Å². The van der Waals surface area contributed by atoms with Gasteiger partial charge < -0.3 is 10.2 Å². The van der Waals surface area contributed by atoms with Gasteiger partial charge in [-0.05, 0) is 66.9 Å². The Balaban J connectivity index is 1.33. The second-order valence-electron chi connectivity index (χ2n) is 7.14. The summed E-state index contributed by atoms with van der Waals surface area (Å²) in [6.07, 6.45) is 5.33. The molecule has 1 aliphatic rings. The molecule has 0 spiro atoms. The number of carbonyl (C=O) groups is 1. The van der Waals surface area contributed by atoms with Gasteiger partial charge in [0.1, 0.15) is 5.03 Å². The van der Waals surface area contributed by atoms with Gasteiger partial charge in [0.05, 0.1) is 5.92 Å². The Bertz CT molecular complexity index is 969. The number of rotatable bonds is 6. The zero-order valence-corrected chi connectivity index (χ0v) is 18.8. The van der Waals surface area contributed by atoms with Gasteiger partial charge in [-0.2, -0.15) is 0 Å². The monoisotopic (exact) mass is 483 g/mol. The Hall–Kier alpha value is -2.45. The molecule has 4 rings (SSSR count). The zero-order valence-electron chi connectivity index (χ0n) is 16.4. The fourth-order valence-corrected chi connectivity index (χ4v) is 4.39. The first-order valence-electron chi connectivity index (χ1n) is 9.86. The van der Waals surface area contributed by atoms with Crippen LogP contribution in [0.4, 0.5) is 5.82 Å². The van der Waals surface area contributed by atoms with E-state index < -0.39 is 0 Å². The van der Waals surface area contributed by atoms with Crippen LogP contribution in [0.3, 0.4) is 0 Å². The van der Waals surface area contributed by atoms with Crippen molar-refractivity contribution >= 4 is 39.4 Å². The fourth-order valence-electron chi connectivity index (χ4n) is 3.39. The predicted octanol–water partition coefficient (Wildman–Crippen LogP) is 4.32. The third-order valence-corrected chi connectivity index (χ3v) is 6.46. The molecule has 30 heavy (non-hydrogen) atoms. The van der Waals surface area contributed by atoms with Crippen molar-refractivity contribution in [3.8, 4) is 0 Å². The molecule has 1 aliphatic heterocycles. The first-order valence-corrected chi connectivity index (χ1v) is 11.5. The van der Waals surface area contributed by atoms with Gasteiger partial charge in [0.25, 0.3) is 0 Å². The summed E-state index contributed by atoms with van der Waals surface area (Å²) in [4.78, 5) is 19.9. The summed E-state index contributed by atoms with van der Waals surface area (Å²) in [5.74, 6) is 0.868. The minimum absolute atomic E-state index is 0.0424. The van der Waals surface area contributed by atoms with Gasteiger partial charge in [0, 0.05) is 41.4 Å². The maximum atomic E-state index is 12.6. The highest BCUT2D eigenvalue weighted by Crippen LogP contribution is 2.28. The van der Waals surface area contributed by atoms with Crippen LogP contribution in [0.25, 0.3) is 0 Å². The summed E-state index contributed by atoms with van der Waals surface area (Å²) in [6, 6.07) is 15.9. The van der Waals surface area contributed by atoms with Crippen LogP contribution in [-0.2, 0) is 11.3 Å². The van der Waals surface area contributed by atoms with Crippen LogP contribution in [0.2, 0.25) is 0 Å². The van der Waals surface area contributed by atoms with E-state index in [1.54, 1.807) is 24.2 Å². The van der Waals surface area contributed by atoms with Crippen LogP contribution in [0.15, 0.2) is 75.3 Å². The number of carbonyl (C=O) groups excluding carboxylic acids is 1. The van der Waals surface area contributed by atoms with Crippen LogP contribution < -0.4 is 10.2 Å². The topological polar surface area (TPSA) is 71.0 Å². The lowest BCUT2D eigenvalue weighted by Gasteiger charge is -2.32. The van der Waals surface area contributed by atoms with E-state index in [2.05, 4.69) is 41.3 Å². The van der Waals surface area contributed by atoms with Crippen molar-refractivity contribution in [1.82, 2.24) is 20.5 Å². The van der Waals surface area contributed by atoms with Crippen molar-refractivity contribution < 1.29 is 4.79 Å². The lowest BCUT2D eigenvalue weighted by molar-refractivity contribution is -0.125. The van der Waals surface area contributed by atoms with Crippen LogP contribution in [0.1, 0.15) is 18.4 Å². The lowest BCUT2D eigenvalue weighted by Crippen LogP contribution is -2.43. The largest absolute Gasteiger partial charge is 0.354 e. The van der Waals surface area contributed by atoms with E-state index in [-0.39, 0.29) is 11.8 Å². The molecule has 0 aliphatic carbocycles. The minimum Gasteiger partial charge on any atom is -0.354 e. The maximum Gasteiger partial charge on any atom is 0.225 e. The SMILES string of the molecule is O=C(NCc1ccncc1)[C@H]1CCCN(c2ccc(Sc3ccc(Br)cc3)nn2)C1. The van der Waals surface area contributed by atoms with E-state index in [0.29, 0.717) is 13.1 Å². The van der Waals surface area contributed by atoms with Gasteiger partial charge in [-0.1, -0.05) is 27.7 Å². The van der Waals surface area contributed by atoms with Crippen molar-refractivity contribution in [2.24, 2.45) is 5.92 Å². The first-order chi connectivity index (χ1) is 14.7. The highest BCUT2D eigenvalue weighted by molar-refractivity contribution is 9.10. The van der Waals surface area contributed by atoms with Gasteiger partial charge in [-0.3, -0.25) is 9.78 Å². The van der Waals surface area contributed by atoms with Crippen LogP contribution in [0, 0.1) is 5.92 Å². The Morgan fingerprint density at radius 1 is 1.10 bits per heavy atom. The van der Waals surface area contributed by atoms with Gasteiger partial charge in [0.2, 0.25) is 5.91 Å². The first kappa shape index (κ1) is 20.8. The molecule has 1 atom stereocenters. The van der Waals surface area contributed by atoms with E-state index >= 15 is 0 Å². The number of hydrogen-bond donors (Lipinski definition) is 1. The zero-order chi connectivity index (χ0) is 20.8. The molecule has 1 fully saturated rings. The molecule has 0 bridgehead atoms. The van der Waals surface area contributed by atoms with E-state index in [9.17, 15) is 4.79 Å². The summed E-state index contributed by atoms with van der Waals surface area (Å²) in [7, 11) is 0. The van der Waals surface area contributed by atoms with Crippen LogP contribution in [0.5, 0.6) is 0 Å². The molecular formula is C22H22BrN5OS. The predicted molar refractivity (Wildman–Crippen MR) is 121 cm³/mol. The Kier molecular flexibility index (Phi) is 6.96. The number of pyridine rings is 1. The molecule has 2 aromatic heterocycles. The van der Waals surface area contributed by atoms with Crippen molar-refractivity contribution in [2.45, 2.75) is 29.3 Å². The summed E-state index contributed by atoms with van der Waals surface area (Å²) in [5, 5.41) is 12.7. The third kappa shape index (κ3) is 5.58. The molecule has 6 nitrogen and oxygen atoms in total. The van der Waals surface area contributed by atoms with Crippen LogP contribution in [-0.4, -0.2) is 34.2 Å². The molecule has 1 saturated heterocycles. The van der Waals surface area contributed by atoms with E-state index in [0.717, 1.165) is 45.2 Å². The Labute approximate surface area is 188 Å². The van der Waals surface area contributed by atoms with Gasteiger partial charge >= 0.3 is 0 Å². The van der Waals surface area contributed by atoms with Crippen LogP contribution >= 0.6 is 27.7 Å². The molecule has 8 heteroatoms. The molecule has 3 aromatic rings. The second-order valence-corrected chi connectivity index (χ2v) is 9.15. The average molecular weight is 484 g/mol. The lowest BCUT2D eigenvalue weighted by atomic mass is 9.97. The molecule has 0 radical (unpaired) electrons. The van der Waals surface area contributed by atoms with Crippen molar-refractivity contribution in [2.75, 3.05) is 18.0 Å². The molecule has 1 amide bonds. The molecular weight excluding hydrogens is 462 g/mol. The van der Waals surface area contributed by atoms with Gasteiger partial charge in [0.15, 0.2) is 5.82 Å². The number of nitrogens with one attached hydrogen (secondary N) is 1. The normalized spacial score (nSPS) is 16.3. The van der Waals surface area contributed by atoms with E-state index in [1.807, 2.05) is 48.5 Å². The van der Waals surface area contributed by atoms with Gasteiger partial charge in [-0.15, -0.1) is 10.2 Å². The Morgan fingerprint density at radius 2 is 1.90 bits per heavy atom. The maximum absolute atomic E-state index is 12.6. The number of piperidine rings is 1. The molecule has 0 saturated carbocycles. The summed E-state index contributed by atoms with van der Waals surface area (Å²) < 4.78 is 1.05. The molecule has 1 N–H and O–H groups in total. The molecule has 1 aromatic carbocycles. The second kappa shape index (κ2) is 10.0. The average Bonchev–Trinajstić information content (AvgIpc) is 2.80. The summed E-state index contributed by atoms with van der Waals surface area (Å²) in [5.41, 5.74) is 1.05. The number of aromatic nitrogens is 3. The molecule has 3 heterocycles.